The molecule has 1 amide bonds. The van der Waals surface area contributed by atoms with Crippen LogP contribution in [0.15, 0.2) is 47.4 Å². The van der Waals surface area contributed by atoms with Crippen LogP contribution in [0, 0.1) is 11.3 Å². The van der Waals surface area contributed by atoms with E-state index in [0.717, 1.165) is 22.2 Å². The van der Waals surface area contributed by atoms with Crippen molar-refractivity contribution < 1.29 is 23.1 Å². The third kappa shape index (κ3) is 6.26. The number of para-hydroxylation sites is 2. The van der Waals surface area contributed by atoms with Crippen molar-refractivity contribution in [3.8, 4) is 0 Å². The quantitative estimate of drug-likeness (QED) is 0.375. The number of aromatic nitrogens is 1. The summed E-state index contributed by atoms with van der Waals surface area (Å²) in [6, 6.07) is 11.9. The van der Waals surface area contributed by atoms with Crippen molar-refractivity contribution in [1.82, 2.24) is 14.6 Å². The molecule has 11 heteroatoms. The summed E-state index contributed by atoms with van der Waals surface area (Å²) in [5.74, 6) is -1.15. The molecule has 2 aliphatic rings. The van der Waals surface area contributed by atoms with Gasteiger partial charge in [-0.1, -0.05) is 38.1 Å². The minimum atomic E-state index is -4.06. The number of carboxylic acid groups (broad SMARTS) is 1. The summed E-state index contributed by atoms with van der Waals surface area (Å²) in [4.78, 5) is 31.3. The molecule has 1 fully saturated rings. The number of aliphatic carboxylic acids is 1. The van der Waals surface area contributed by atoms with Gasteiger partial charge in [0.1, 0.15) is 10.9 Å². The van der Waals surface area contributed by atoms with Crippen LogP contribution in [0.3, 0.4) is 0 Å². The topological polar surface area (TPSA) is 129 Å². The van der Waals surface area contributed by atoms with Crippen LogP contribution in [0.5, 0.6) is 0 Å². The fraction of sp³-hybridized carbons (Fsp3) is 0.464. The van der Waals surface area contributed by atoms with Crippen LogP contribution < -0.4 is 10.0 Å². The lowest BCUT2D eigenvalue weighted by molar-refractivity contribution is -0.139. The number of sulfonamides is 1. The van der Waals surface area contributed by atoms with Crippen LogP contribution in [0.4, 0.5) is 5.69 Å². The fourth-order valence-corrected chi connectivity index (χ4v) is 7.92. The number of benzene rings is 2. The van der Waals surface area contributed by atoms with E-state index < -0.39 is 22.0 Å². The van der Waals surface area contributed by atoms with Gasteiger partial charge in [-0.3, -0.25) is 9.59 Å². The maximum atomic E-state index is 13.8. The van der Waals surface area contributed by atoms with Crippen molar-refractivity contribution in [2.45, 2.75) is 56.9 Å². The average Bonchev–Trinajstić information content (AvgIpc) is 3.29. The maximum absolute atomic E-state index is 13.8. The molecular formula is C28H34N4O5S2. The summed E-state index contributed by atoms with van der Waals surface area (Å²) in [5, 5.41) is 13.1. The Morgan fingerprint density at radius 3 is 2.64 bits per heavy atom. The number of likely N-dealkylation sites (tertiary alicyclic amines) is 1. The molecule has 0 saturated carbocycles. The van der Waals surface area contributed by atoms with Crippen molar-refractivity contribution >= 4 is 49.1 Å². The van der Waals surface area contributed by atoms with Crippen LogP contribution in [-0.2, 0) is 32.5 Å². The first-order valence-corrected chi connectivity index (χ1v) is 15.5. The van der Waals surface area contributed by atoms with E-state index in [9.17, 15) is 18.0 Å². The molecule has 1 aromatic heterocycles. The first-order chi connectivity index (χ1) is 18.5. The Morgan fingerprint density at radius 2 is 1.92 bits per heavy atom. The highest BCUT2D eigenvalue weighted by Crippen LogP contribution is 2.36. The van der Waals surface area contributed by atoms with Crippen molar-refractivity contribution in [3.05, 3.63) is 53.0 Å². The van der Waals surface area contributed by atoms with Crippen molar-refractivity contribution in [3.63, 3.8) is 0 Å². The number of hydrogen-bond acceptors (Lipinski definition) is 7. The molecule has 0 radical (unpaired) electrons. The van der Waals surface area contributed by atoms with Gasteiger partial charge in [-0.15, -0.1) is 11.3 Å². The second-order valence-corrected chi connectivity index (χ2v) is 14.1. The van der Waals surface area contributed by atoms with Gasteiger partial charge < -0.3 is 15.3 Å². The van der Waals surface area contributed by atoms with Gasteiger partial charge in [-0.05, 0) is 54.4 Å². The zero-order valence-corrected chi connectivity index (χ0v) is 23.8. The largest absolute Gasteiger partial charge is 0.481 e. The number of nitrogens with one attached hydrogen (secondary N) is 2. The minimum Gasteiger partial charge on any atom is -0.481 e. The van der Waals surface area contributed by atoms with Gasteiger partial charge in [0.05, 0.1) is 20.9 Å². The second-order valence-electron chi connectivity index (χ2n) is 11.3. The highest BCUT2D eigenvalue weighted by Gasteiger charge is 2.35. The number of piperidine rings is 1. The number of amides is 1. The summed E-state index contributed by atoms with van der Waals surface area (Å²) >= 11 is 1.45. The molecule has 5 rings (SSSR count). The van der Waals surface area contributed by atoms with Gasteiger partial charge in [0.2, 0.25) is 15.9 Å². The van der Waals surface area contributed by atoms with Gasteiger partial charge in [-0.2, -0.15) is 4.72 Å². The zero-order valence-electron chi connectivity index (χ0n) is 22.1. The van der Waals surface area contributed by atoms with E-state index in [1.165, 1.54) is 11.3 Å². The molecule has 2 aromatic carbocycles. The first-order valence-electron chi connectivity index (χ1n) is 13.2. The lowest BCUT2D eigenvalue weighted by Gasteiger charge is -2.35. The normalized spacial score (nSPS) is 18.4. The van der Waals surface area contributed by atoms with E-state index in [1.807, 2.05) is 30.3 Å². The molecule has 0 unspecified atom stereocenters. The molecular weight excluding hydrogens is 536 g/mol. The predicted molar refractivity (Wildman–Crippen MR) is 151 cm³/mol. The standard InChI is InChI=1S/C28H34N4O5S2/c1-28(2)16-19-6-5-9-23(26(19)29-17-28)39(36,37)31-21(15-24-30-20-7-3-4-8-22(20)38-24)27(35)32-12-10-18(11-13-32)14-25(33)34/h3-9,18,21,29,31H,10-17H2,1-2H3,(H,33,34)/t21-/m0/s1. The highest BCUT2D eigenvalue weighted by molar-refractivity contribution is 7.89. The molecule has 3 heterocycles. The number of carbonyl (C=O) groups excluding carboxylic acids is 1. The highest BCUT2D eigenvalue weighted by atomic mass is 32.2. The van der Waals surface area contributed by atoms with Crippen LogP contribution >= 0.6 is 11.3 Å². The predicted octanol–water partition coefficient (Wildman–Crippen LogP) is 3.89. The SMILES string of the molecule is CC1(C)CNc2c(cccc2S(=O)(=O)N[C@@H](Cc2nc3ccccc3s2)C(=O)N2CCC(CC(=O)O)CC2)C1. The third-order valence-electron chi connectivity index (χ3n) is 7.52. The lowest BCUT2D eigenvalue weighted by Crippen LogP contribution is -2.51. The molecule has 0 bridgehead atoms. The third-order valence-corrected chi connectivity index (χ3v) is 10.1. The van der Waals surface area contributed by atoms with E-state index in [-0.39, 0.29) is 35.0 Å². The summed E-state index contributed by atoms with van der Waals surface area (Å²) in [5.41, 5.74) is 2.33. The maximum Gasteiger partial charge on any atom is 0.303 e. The van der Waals surface area contributed by atoms with Crippen molar-refractivity contribution in [2.75, 3.05) is 25.0 Å². The molecule has 9 nitrogen and oxygen atoms in total. The van der Waals surface area contributed by atoms with Crippen molar-refractivity contribution in [1.29, 1.82) is 0 Å². The van der Waals surface area contributed by atoms with Gasteiger partial charge in [0, 0.05) is 32.5 Å². The molecule has 39 heavy (non-hydrogen) atoms. The number of hydrogen-bond donors (Lipinski definition) is 3. The zero-order chi connectivity index (χ0) is 27.8. The Morgan fingerprint density at radius 1 is 1.18 bits per heavy atom. The number of anilines is 1. The molecule has 1 atom stereocenters. The summed E-state index contributed by atoms with van der Waals surface area (Å²) in [7, 11) is -4.06. The first kappa shape index (κ1) is 27.5. The van der Waals surface area contributed by atoms with Crippen LogP contribution in [0.25, 0.3) is 10.2 Å². The molecule has 3 aromatic rings. The fourth-order valence-electron chi connectivity index (χ4n) is 5.49. The number of rotatable bonds is 8. The van der Waals surface area contributed by atoms with E-state index >= 15 is 0 Å². The number of thiazole rings is 1. The van der Waals surface area contributed by atoms with E-state index in [4.69, 9.17) is 5.11 Å². The summed E-state index contributed by atoms with van der Waals surface area (Å²) in [6.45, 7) is 5.70. The van der Waals surface area contributed by atoms with Gasteiger partial charge in [0.15, 0.2) is 0 Å². The van der Waals surface area contributed by atoms with Crippen LogP contribution in [0.2, 0.25) is 0 Å². The monoisotopic (exact) mass is 570 g/mol. The van der Waals surface area contributed by atoms with E-state index in [2.05, 4.69) is 28.9 Å². The molecule has 0 aliphatic carbocycles. The number of fused-ring (bicyclic) bond motifs is 2. The Balaban J connectivity index is 1.42. The lowest BCUT2D eigenvalue weighted by atomic mass is 9.82. The Bertz CT molecular complexity index is 1460. The molecule has 208 valence electrons. The number of nitrogens with zero attached hydrogens (tertiary/aromatic N) is 2. The Kier molecular flexibility index (Phi) is 7.67. The second kappa shape index (κ2) is 10.9. The smallest absolute Gasteiger partial charge is 0.303 e. The van der Waals surface area contributed by atoms with E-state index in [0.29, 0.717) is 43.2 Å². The molecule has 3 N–H and O–H groups in total. The van der Waals surface area contributed by atoms with Crippen LogP contribution in [0.1, 0.15) is 43.7 Å². The van der Waals surface area contributed by atoms with E-state index in [1.54, 1.807) is 17.0 Å². The molecule has 0 spiro atoms. The summed E-state index contributed by atoms with van der Waals surface area (Å²) in [6.07, 6.45) is 2.10. The molecule has 1 saturated heterocycles. The summed E-state index contributed by atoms with van der Waals surface area (Å²) < 4.78 is 31.3. The Hall–Kier alpha value is -3.02. The van der Waals surface area contributed by atoms with Gasteiger partial charge in [-0.25, -0.2) is 13.4 Å². The van der Waals surface area contributed by atoms with Gasteiger partial charge in [0.25, 0.3) is 0 Å². The van der Waals surface area contributed by atoms with Gasteiger partial charge >= 0.3 is 5.97 Å². The molecule has 2 aliphatic heterocycles. The number of carbonyl (C=O) groups is 2. The van der Waals surface area contributed by atoms with Crippen molar-refractivity contribution in [2.24, 2.45) is 11.3 Å². The number of carboxylic acids is 1. The van der Waals surface area contributed by atoms with Crippen LogP contribution in [-0.4, -0.2) is 61.0 Å². The minimum absolute atomic E-state index is 0.000914. The average molecular weight is 571 g/mol. The Labute approximate surface area is 232 Å².